The first-order valence-electron chi connectivity index (χ1n) is 7.20. The summed E-state index contributed by atoms with van der Waals surface area (Å²) >= 11 is 0. The Bertz CT molecular complexity index is 713. The average molecular weight is 332 g/mol. The molecule has 0 aliphatic carbocycles. The normalized spacial score (nSPS) is 10.0. The van der Waals surface area contributed by atoms with Crippen LogP contribution in [0.25, 0.3) is 0 Å². The number of benzene rings is 2. The van der Waals surface area contributed by atoms with Gasteiger partial charge in [0.05, 0.1) is 34.0 Å². The highest BCUT2D eigenvalue weighted by atomic mass is 16.5. The summed E-state index contributed by atoms with van der Waals surface area (Å²) in [6.45, 7) is 1.48. The Balaban J connectivity index is 2.49. The number of hydrogen-bond donors (Lipinski definition) is 0. The SMILES string of the molecule is COc1ccc(C(C)=O)c(Oc2cc(OC)c(OC)c(OC)c2)c1. The molecule has 0 bridgehead atoms. The largest absolute Gasteiger partial charge is 0.497 e. The van der Waals surface area contributed by atoms with Crippen molar-refractivity contribution in [1.29, 1.82) is 0 Å². The molecule has 0 N–H and O–H groups in total. The molecule has 0 aliphatic rings. The van der Waals surface area contributed by atoms with Crippen molar-refractivity contribution in [2.24, 2.45) is 0 Å². The Hall–Kier alpha value is -2.89. The molecule has 2 aromatic carbocycles. The molecule has 2 aromatic rings. The van der Waals surface area contributed by atoms with Crippen molar-refractivity contribution in [3.05, 3.63) is 35.9 Å². The summed E-state index contributed by atoms with van der Waals surface area (Å²) < 4.78 is 27.0. The van der Waals surface area contributed by atoms with Crippen molar-refractivity contribution >= 4 is 5.78 Å². The maximum Gasteiger partial charge on any atom is 0.203 e. The molecule has 128 valence electrons. The molecule has 0 unspecified atom stereocenters. The highest BCUT2D eigenvalue weighted by molar-refractivity contribution is 5.97. The zero-order valence-electron chi connectivity index (χ0n) is 14.3. The van der Waals surface area contributed by atoms with E-state index in [1.165, 1.54) is 28.3 Å². The monoisotopic (exact) mass is 332 g/mol. The average Bonchev–Trinajstić information content (AvgIpc) is 2.60. The minimum Gasteiger partial charge on any atom is -0.497 e. The quantitative estimate of drug-likeness (QED) is 0.720. The van der Waals surface area contributed by atoms with Gasteiger partial charge in [-0.2, -0.15) is 0 Å². The fourth-order valence-corrected chi connectivity index (χ4v) is 2.25. The van der Waals surface area contributed by atoms with Crippen molar-refractivity contribution in [2.45, 2.75) is 6.92 Å². The topological polar surface area (TPSA) is 63.2 Å². The van der Waals surface area contributed by atoms with Crippen molar-refractivity contribution in [1.82, 2.24) is 0 Å². The number of hydrogen-bond acceptors (Lipinski definition) is 6. The van der Waals surface area contributed by atoms with Gasteiger partial charge in [0, 0.05) is 18.2 Å². The predicted octanol–water partition coefficient (Wildman–Crippen LogP) is 3.72. The van der Waals surface area contributed by atoms with Gasteiger partial charge in [0.2, 0.25) is 5.75 Å². The number of rotatable bonds is 7. The molecule has 0 saturated heterocycles. The van der Waals surface area contributed by atoms with E-state index in [2.05, 4.69) is 0 Å². The van der Waals surface area contributed by atoms with E-state index < -0.39 is 0 Å². The van der Waals surface area contributed by atoms with Crippen LogP contribution < -0.4 is 23.7 Å². The van der Waals surface area contributed by atoms with Gasteiger partial charge in [-0.25, -0.2) is 0 Å². The number of carbonyl (C=O) groups is 1. The molecule has 6 heteroatoms. The summed E-state index contributed by atoms with van der Waals surface area (Å²) in [6, 6.07) is 8.34. The van der Waals surface area contributed by atoms with Gasteiger partial charge in [-0.3, -0.25) is 4.79 Å². The van der Waals surface area contributed by atoms with Gasteiger partial charge in [0.25, 0.3) is 0 Å². The maximum absolute atomic E-state index is 11.8. The summed E-state index contributed by atoms with van der Waals surface area (Å²) in [5.74, 6) is 2.68. The molecule has 0 aromatic heterocycles. The van der Waals surface area contributed by atoms with Gasteiger partial charge >= 0.3 is 0 Å². The van der Waals surface area contributed by atoms with Crippen LogP contribution in [0.4, 0.5) is 0 Å². The van der Waals surface area contributed by atoms with Crippen LogP contribution in [0.3, 0.4) is 0 Å². The van der Waals surface area contributed by atoms with Gasteiger partial charge in [-0.1, -0.05) is 0 Å². The molecule has 24 heavy (non-hydrogen) atoms. The van der Waals surface area contributed by atoms with Crippen LogP contribution in [0.1, 0.15) is 17.3 Å². The lowest BCUT2D eigenvalue weighted by Crippen LogP contribution is -1.99. The van der Waals surface area contributed by atoms with E-state index in [4.69, 9.17) is 23.7 Å². The van der Waals surface area contributed by atoms with Crippen LogP contribution in [0.15, 0.2) is 30.3 Å². The Morgan fingerprint density at radius 1 is 0.750 bits per heavy atom. The lowest BCUT2D eigenvalue weighted by molar-refractivity contribution is 0.101. The molecule has 0 radical (unpaired) electrons. The van der Waals surface area contributed by atoms with Crippen LogP contribution in [0.5, 0.6) is 34.5 Å². The number of carbonyl (C=O) groups excluding carboxylic acids is 1. The Morgan fingerprint density at radius 3 is 1.79 bits per heavy atom. The van der Waals surface area contributed by atoms with Gasteiger partial charge in [0.15, 0.2) is 17.3 Å². The van der Waals surface area contributed by atoms with E-state index in [9.17, 15) is 4.79 Å². The molecular weight excluding hydrogens is 312 g/mol. The highest BCUT2D eigenvalue weighted by Gasteiger charge is 2.16. The third-order valence-electron chi connectivity index (χ3n) is 3.43. The van der Waals surface area contributed by atoms with E-state index >= 15 is 0 Å². The lowest BCUT2D eigenvalue weighted by Gasteiger charge is -2.16. The third kappa shape index (κ3) is 3.53. The number of ether oxygens (including phenoxy) is 5. The van der Waals surface area contributed by atoms with E-state index in [0.717, 1.165) is 0 Å². The second kappa shape index (κ2) is 7.59. The Labute approximate surface area is 140 Å². The Morgan fingerprint density at radius 2 is 1.33 bits per heavy atom. The molecule has 0 atom stereocenters. The van der Waals surface area contributed by atoms with Gasteiger partial charge in [-0.05, 0) is 19.1 Å². The fraction of sp³-hybridized carbons (Fsp3) is 0.278. The molecule has 0 aliphatic heterocycles. The predicted molar refractivity (Wildman–Crippen MR) is 89.2 cm³/mol. The summed E-state index contributed by atoms with van der Waals surface area (Å²) in [7, 11) is 6.12. The Kier molecular flexibility index (Phi) is 5.52. The minimum atomic E-state index is -0.111. The van der Waals surface area contributed by atoms with Crippen LogP contribution >= 0.6 is 0 Å². The molecule has 0 spiro atoms. The second-order valence-electron chi connectivity index (χ2n) is 4.88. The summed E-state index contributed by atoms with van der Waals surface area (Å²) in [4.78, 5) is 11.8. The fourth-order valence-electron chi connectivity index (χ4n) is 2.25. The van der Waals surface area contributed by atoms with Gasteiger partial charge in [-0.15, -0.1) is 0 Å². The van der Waals surface area contributed by atoms with Gasteiger partial charge < -0.3 is 23.7 Å². The second-order valence-corrected chi connectivity index (χ2v) is 4.88. The van der Waals surface area contributed by atoms with E-state index in [1.807, 2.05) is 0 Å². The van der Waals surface area contributed by atoms with E-state index in [1.54, 1.807) is 37.4 Å². The van der Waals surface area contributed by atoms with E-state index in [0.29, 0.717) is 40.1 Å². The van der Waals surface area contributed by atoms with Crippen LogP contribution in [-0.2, 0) is 0 Å². The molecule has 0 heterocycles. The zero-order chi connectivity index (χ0) is 17.7. The maximum atomic E-state index is 11.8. The summed E-state index contributed by atoms with van der Waals surface area (Å²) in [5.41, 5.74) is 0.449. The number of methoxy groups -OCH3 is 4. The van der Waals surface area contributed by atoms with Crippen LogP contribution in [-0.4, -0.2) is 34.2 Å². The first-order chi connectivity index (χ1) is 11.5. The smallest absolute Gasteiger partial charge is 0.203 e. The van der Waals surface area contributed by atoms with Crippen LogP contribution in [0.2, 0.25) is 0 Å². The number of Topliss-reactive ketones (excluding diaryl/α,β-unsaturated/α-hetero) is 1. The standard InChI is InChI=1S/C18H20O6/c1-11(19)14-7-6-12(20-2)8-15(14)24-13-9-16(21-3)18(23-5)17(10-13)22-4/h6-10H,1-5H3. The molecule has 2 rings (SSSR count). The van der Waals surface area contributed by atoms with E-state index in [-0.39, 0.29) is 5.78 Å². The lowest BCUT2D eigenvalue weighted by atomic mass is 10.1. The summed E-state index contributed by atoms with van der Waals surface area (Å²) in [6.07, 6.45) is 0. The first-order valence-corrected chi connectivity index (χ1v) is 7.20. The minimum absolute atomic E-state index is 0.111. The highest BCUT2D eigenvalue weighted by Crippen LogP contribution is 2.42. The first kappa shape index (κ1) is 17.5. The number of ketones is 1. The zero-order valence-corrected chi connectivity index (χ0v) is 14.3. The molecule has 0 fully saturated rings. The summed E-state index contributed by atoms with van der Waals surface area (Å²) in [5, 5.41) is 0. The van der Waals surface area contributed by atoms with Crippen molar-refractivity contribution in [2.75, 3.05) is 28.4 Å². The van der Waals surface area contributed by atoms with Crippen LogP contribution in [0, 0.1) is 0 Å². The molecule has 0 amide bonds. The van der Waals surface area contributed by atoms with Gasteiger partial charge in [0.1, 0.15) is 17.2 Å². The molecule has 6 nitrogen and oxygen atoms in total. The van der Waals surface area contributed by atoms with Crippen molar-refractivity contribution in [3.8, 4) is 34.5 Å². The van der Waals surface area contributed by atoms with Crippen molar-refractivity contribution < 1.29 is 28.5 Å². The third-order valence-corrected chi connectivity index (χ3v) is 3.43. The molecule has 0 saturated carbocycles. The molecular formula is C18H20O6. The van der Waals surface area contributed by atoms with Crippen molar-refractivity contribution in [3.63, 3.8) is 0 Å².